The van der Waals surface area contributed by atoms with Crippen molar-refractivity contribution in [1.82, 2.24) is 4.90 Å². The van der Waals surface area contributed by atoms with Crippen molar-refractivity contribution in [2.24, 2.45) is 11.8 Å². The number of nitrogens with zero attached hydrogens (tertiary/aromatic N) is 1. The van der Waals surface area contributed by atoms with Crippen molar-refractivity contribution in [3.8, 4) is 0 Å². The van der Waals surface area contributed by atoms with E-state index in [1.165, 1.54) is 31.3 Å². The van der Waals surface area contributed by atoms with Crippen molar-refractivity contribution in [2.45, 2.75) is 31.9 Å². The summed E-state index contributed by atoms with van der Waals surface area (Å²) in [6.07, 6.45) is -3.74. The van der Waals surface area contributed by atoms with Crippen LogP contribution in [0.2, 0.25) is 0 Å². The van der Waals surface area contributed by atoms with Crippen LogP contribution in [0.15, 0.2) is 24.3 Å². The summed E-state index contributed by atoms with van der Waals surface area (Å²) < 4.78 is 51.3. The molecule has 0 saturated heterocycles. The number of likely N-dealkylation sites (N-methyl/N-ethyl adjacent to an activating group) is 1. The number of rotatable bonds is 4. The van der Waals surface area contributed by atoms with Crippen LogP contribution in [0, 0.1) is 17.7 Å². The number of halogens is 4. The maximum Gasteiger partial charge on any atom is 0.391 e. The Morgan fingerprint density at radius 3 is 2.44 bits per heavy atom. The summed E-state index contributed by atoms with van der Waals surface area (Å²) in [5.41, 5.74) is 0.377. The highest BCUT2D eigenvalue weighted by Crippen LogP contribution is 2.40. The highest BCUT2D eigenvalue weighted by molar-refractivity contribution is 5.94. The number of nitrogens with one attached hydrogen (secondary N) is 1. The van der Waals surface area contributed by atoms with Gasteiger partial charge in [0.1, 0.15) is 5.82 Å². The van der Waals surface area contributed by atoms with E-state index in [1.54, 1.807) is 0 Å². The van der Waals surface area contributed by atoms with E-state index in [-0.39, 0.29) is 19.4 Å². The van der Waals surface area contributed by atoms with E-state index in [4.69, 9.17) is 0 Å². The van der Waals surface area contributed by atoms with Crippen LogP contribution in [0.5, 0.6) is 0 Å². The number of anilines is 1. The van der Waals surface area contributed by atoms with Gasteiger partial charge in [-0.05, 0) is 43.5 Å². The zero-order valence-corrected chi connectivity index (χ0v) is 13.8. The fourth-order valence-corrected chi connectivity index (χ4v) is 3.05. The van der Waals surface area contributed by atoms with E-state index in [9.17, 15) is 27.2 Å². The van der Waals surface area contributed by atoms with Gasteiger partial charge in [0, 0.05) is 18.7 Å². The second-order valence-corrected chi connectivity index (χ2v) is 6.35. The summed E-state index contributed by atoms with van der Waals surface area (Å²) in [6, 6.07) is 5.13. The molecule has 1 saturated carbocycles. The molecule has 25 heavy (non-hydrogen) atoms. The second kappa shape index (κ2) is 7.84. The monoisotopic (exact) mass is 360 g/mol. The van der Waals surface area contributed by atoms with Gasteiger partial charge >= 0.3 is 6.18 Å². The van der Waals surface area contributed by atoms with Crippen LogP contribution < -0.4 is 5.32 Å². The van der Waals surface area contributed by atoms with Crippen LogP contribution in [0.4, 0.5) is 23.2 Å². The Labute approximate surface area is 143 Å². The lowest BCUT2D eigenvalue weighted by Crippen LogP contribution is -2.41. The molecule has 1 aromatic rings. The van der Waals surface area contributed by atoms with E-state index in [0.29, 0.717) is 18.5 Å². The summed E-state index contributed by atoms with van der Waals surface area (Å²) in [4.78, 5) is 25.4. The van der Waals surface area contributed by atoms with E-state index in [2.05, 4.69) is 5.32 Å². The zero-order chi connectivity index (χ0) is 18.6. The number of amides is 2. The Morgan fingerprint density at radius 1 is 1.20 bits per heavy atom. The Morgan fingerprint density at radius 2 is 1.84 bits per heavy atom. The molecule has 4 nitrogen and oxygen atoms in total. The van der Waals surface area contributed by atoms with Gasteiger partial charge in [-0.15, -0.1) is 0 Å². The molecule has 2 rings (SSSR count). The van der Waals surface area contributed by atoms with Gasteiger partial charge in [0.25, 0.3) is 0 Å². The lowest BCUT2D eigenvalue weighted by atomic mass is 9.80. The minimum Gasteiger partial charge on any atom is -0.336 e. The second-order valence-electron chi connectivity index (χ2n) is 6.35. The predicted octanol–water partition coefficient (Wildman–Crippen LogP) is 3.59. The Bertz CT molecular complexity index is 616. The maximum atomic E-state index is 12.8. The Kier molecular flexibility index (Phi) is 6.02. The van der Waals surface area contributed by atoms with Gasteiger partial charge in [0.2, 0.25) is 11.8 Å². The van der Waals surface area contributed by atoms with E-state index in [1.807, 2.05) is 0 Å². The molecule has 0 aromatic heterocycles. The Balaban J connectivity index is 1.88. The summed E-state index contributed by atoms with van der Waals surface area (Å²) in [5.74, 6) is -3.57. The molecule has 0 heterocycles. The molecule has 1 fully saturated rings. The first-order chi connectivity index (χ1) is 11.7. The molecular weight excluding hydrogens is 340 g/mol. The SMILES string of the molecule is CN(CC(=O)Nc1ccc(F)cc1)C(=O)[C@H]1CCC[C@H](C(F)(F)F)C1. The summed E-state index contributed by atoms with van der Waals surface area (Å²) in [7, 11) is 1.39. The highest BCUT2D eigenvalue weighted by Gasteiger charge is 2.44. The smallest absolute Gasteiger partial charge is 0.336 e. The summed E-state index contributed by atoms with van der Waals surface area (Å²) in [5, 5.41) is 2.51. The Hall–Kier alpha value is -2.12. The molecule has 0 radical (unpaired) electrons. The average molecular weight is 360 g/mol. The fourth-order valence-electron chi connectivity index (χ4n) is 3.05. The molecule has 0 unspecified atom stereocenters. The zero-order valence-electron chi connectivity index (χ0n) is 13.8. The van der Waals surface area contributed by atoms with E-state index in [0.717, 1.165) is 4.90 Å². The first-order valence-corrected chi connectivity index (χ1v) is 8.04. The quantitative estimate of drug-likeness (QED) is 0.835. The number of hydrogen-bond donors (Lipinski definition) is 1. The number of carbonyl (C=O) groups excluding carboxylic acids is 2. The van der Waals surface area contributed by atoms with Crippen molar-refractivity contribution in [2.75, 3.05) is 18.9 Å². The van der Waals surface area contributed by atoms with Gasteiger partial charge in [-0.3, -0.25) is 9.59 Å². The molecule has 1 aliphatic rings. The molecule has 2 atom stereocenters. The van der Waals surface area contributed by atoms with E-state index < -0.39 is 35.6 Å². The molecule has 2 amide bonds. The number of hydrogen-bond acceptors (Lipinski definition) is 2. The van der Waals surface area contributed by atoms with E-state index >= 15 is 0 Å². The molecule has 0 bridgehead atoms. The first-order valence-electron chi connectivity index (χ1n) is 8.04. The molecule has 138 valence electrons. The van der Waals surface area contributed by atoms with Crippen molar-refractivity contribution in [3.63, 3.8) is 0 Å². The molecule has 0 spiro atoms. The van der Waals surface area contributed by atoms with Crippen LogP contribution >= 0.6 is 0 Å². The average Bonchev–Trinajstić information content (AvgIpc) is 2.55. The lowest BCUT2D eigenvalue weighted by molar-refractivity contribution is -0.187. The predicted molar refractivity (Wildman–Crippen MR) is 84.2 cm³/mol. The topological polar surface area (TPSA) is 49.4 Å². The fraction of sp³-hybridized carbons (Fsp3) is 0.529. The van der Waals surface area contributed by atoms with Crippen LogP contribution in [-0.2, 0) is 9.59 Å². The van der Waals surface area contributed by atoms with Crippen molar-refractivity contribution < 1.29 is 27.2 Å². The third-order valence-corrected chi connectivity index (χ3v) is 4.37. The third kappa shape index (κ3) is 5.44. The largest absolute Gasteiger partial charge is 0.391 e. The van der Waals surface area contributed by atoms with Crippen LogP contribution in [0.1, 0.15) is 25.7 Å². The van der Waals surface area contributed by atoms with Gasteiger partial charge in [0.05, 0.1) is 12.5 Å². The normalized spacial score (nSPS) is 20.8. The van der Waals surface area contributed by atoms with Crippen molar-refractivity contribution >= 4 is 17.5 Å². The lowest BCUT2D eigenvalue weighted by Gasteiger charge is -2.32. The maximum absolute atomic E-state index is 12.8. The molecule has 1 aliphatic carbocycles. The van der Waals surface area contributed by atoms with Gasteiger partial charge < -0.3 is 10.2 Å². The van der Waals surface area contributed by atoms with Gasteiger partial charge in [-0.25, -0.2) is 4.39 Å². The minimum absolute atomic E-state index is 0.0437. The number of carbonyl (C=O) groups is 2. The van der Waals surface area contributed by atoms with Crippen molar-refractivity contribution in [3.05, 3.63) is 30.1 Å². The van der Waals surface area contributed by atoms with Crippen molar-refractivity contribution in [1.29, 1.82) is 0 Å². The molecule has 1 aromatic carbocycles. The number of alkyl halides is 3. The van der Waals surface area contributed by atoms with Gasteiger partial charge in [0.15, 0.2) is 0 Å². The van der Waals surface area contributed by atoms with Gasteiger partial charge in [-0.1, -0.05) is 6.42 Å². The molecule has 0 aliphatic heterocycles. The summed E-state index contributed by atoms with van der Waals surface area (Å²) in [6.45, 7) is -0.274. The van der Waals surface area contributed by atoms with Crippen LogP contribution in [0.3, 0.4) is 0 Å². The van der Waals surface area contributed by atoms with Crippen LogP contribution in [-0.4, -0.2) is 36.5 Å². The highest BCUT2D eigenvalue weighted by atomic mass is 19.4. The van der Waals surface area contributed by atoms with Crippen LogP contribution in [0.25, 0.3) is 0 Å². The van der Waals surface area contributed by atoms with Gasteiger partial charge in [-0.2, -0.15) is 13.2 Å². The minimum atomic E-state index is -4.29. The molecular formula is C17H20F4N2O2. The summed E-state index contributed by atoms with van der Waals surface area (Å²) >= 11 is 0. The first kappa shape index (κ1) is 19.2. The third-order valence-electron chi connectivity index (χ3n) is 4.37. The standard InChI is InChI=1S/C17H20F4N2O2/c1-23(10-15(24)22-14-7-5-13(18)6-8-14)16(25)11-3-2-4-12(9-11)17(19,20)21/h5-8,11-12H,2-4,9-10H2,1H3,(H,22,24)/t11-,12-/m0/s1. The molecule has 1 N–H and O–H groups in total. The molecule has 8 heteroatoms. The number of benzene rings is 1.